The Balaban J connectivity index is 1.50. The first kappa shape index (κ1) is 15.9. The smallest absolute Gasteiger partial charge is 0.254 e. The second-order valence-electron chi connectivity index (χ2n) is 6.79. The van der Waals surface area contributed by atoms with Gasteiger partial charge in [-0.05, 0) is 31.0 Å². The number of hydrogen-bond acceptors (Lipinski definition) is 4. The maximum Gasteiger partial charge on any atom is 0.254 e. The van der Waals surface area contributed by atoms with Crippen molar-refractivity contribution < 1.29 is 14.0 Å². The predicted molar refractivity (Wildman–Crippen MR) is 92.3 cm³/mol. The number of aromatic nitrogens is 1. The van der Waals surface area contributed by atoms with E-state index in [2.05, 4.69) is 10.3 Å². The molecule has 25 heavy (non-hydrogen) atoms. The minimum Gasteiger partial charge on any atom is -0.445 e. The van der Waals surface area contributed by atoms with Crippen molar-refractivity contribution in [3.8, 4) is 0 Å². The molecule has 6 heteroatoms. The molecule has 1 aliphatic carbocycles. The monoisotopic (exact) mass is 339 g/mol. The molecule has 2 heterocycles. The summed E-state index contributed by atoms with van der Waals surface area (Å²) in [5.74, 6) is 2.03. The molecule has 0 unspecified atom stereocenters. The van der Waals surface area contributed by atoms with Crippen molar-refractivity contribution in [3.63, 3.8) is 0 Å². The molecule has 1 aromatic carbocycles. The van der Waals surface area contributed by atoms with Gasteiger partial charge in [-0.25, -0.2) is 4.98 Å². The van der Waals surface area contributed by atoms with Crippen LogP contribution in [-0.4, -0.2) is 28.2 Å². The fourth-order valence-electron chi connectivity index (χ4n) is 3.34. The summed E-state index contributed by atoms with van der Waals surface area (Å²) in [6, 6.07) is 7.03. The topological polar surface area (TPSA) is 75.4 Å². The van der Waals surface area contributed by atoms with Crippen LogP contribution in [0.4, 0.5) is 5.69 Å². The molecular formula is C19H21N3O3. The summed E-state index contributed by atoms with van der Waals surface area (Å²) in [5, 5.41) is 2.71. The average molecular weight is 339 g/mol. The van der Waals surface area contributed by atoms with Gasteiger partial charge in [-0.2, -0.15) is 0 Å². The molecule has 1 aliphatic heterocycles. The zero-order valence-corrected chi connectivity index (χ0v) is 14.2. The van der Waals surface area contributed by atoms with Gasteiger partial charge in [0.05, 0.1) is 6.54 Å². The lowest BCUT2D eigenvalue weighted by Crippen LogP contribution is -2.35. The molecule has 6 nitrogen and oxygen atoms in total. The van der Waals surface area contributed by atoms with Gasteiger partial charge in [-0.1, -0.05) is 12.5 Å². The molecule has 1 N–H and O–H groups in total. The van der Waals surface area contributed by atoms with Crippen molar-refractivity contribution in [2.75, 3.05) is 11.9 Å². The number of rotatable bonds is 3. The molecule has 130 valence electrons. The fourth-order valence-corrected chi connectivity index (χ4v) is 3.34. The first-order chi connectivity index (χ1) is 12.1. The summed E-state index contributed by atoms with van der Waals surface area (Å²) in [6.07, 6.45) is 4.25. The third kappa shape index (κ3) is 3.16. The van der Waals surface area contributed by atoms with Crippen LogP contribution in [0.25, 0.3) is 0 Å². The summed E-state index contributed by atoms with van der Waals surface area (Å²) < 4.78 is 5.91. The Morgan fingerprint density at radius 2 is 2.16 bits per heavy atom. The van der Waals surface area contributed by atoms with E-state index in [4.69, 9.17) is 4.42 Å². The highest BCUT2D eigenvalue weighted by atomic mass is 16.4. The first-order valence-corrected chi connectivity index (χ1v) is 8.75. The Morgan fingerprint density at radius 1 is 1.32 bits per heavy atom. The number of nitrogens with one attached hydrogen (secondary N) is 1. The number of hydrogen-bond donors (Lipinski definition) is 1. The van der Waals surface area contributed by atoms with E-state index < -0.39 is 0 Å². The van der Waals surface area contributed by atoms with Crippen molar-refractivity contribution in [2.45, 2.75) is 45.1 Å². The van der Waals surface area contributed by atoms with Crippen LogP contribution in [-0.2, 0) is 17.8 Å². The Bertz CT molecular complexity index is 823. The molecule has 0 atom stereocenters. The van der Waals surface area contributed by atoms with Crippen LogP contribution in [0.5, 0.6) is 0 Å². The molecular weight excluding hydrogens is 318 g/mol. The molecule has 0 spiro atoms. The van der Waals surface area contributed by atoms with Crippen LogP contribution < -0.4 is 5.32 Å². The van der Waals surface area contributed by atoms with E-state index >= 15 is 0 Å². The van der Waals surface area contributed by atoms with Gasteiger partial charge in [0.1, 0.15) is 11.5 Å². The highest BCUT2D eigenvalue weighted by molar-refractivity contribution is 5.96. The largest absolute Gasteiger partial charge is 0.445 e. The summed E-state index contributed by atoms with van der Waals surface area (Å²) in [7, 11) is 0. The zero-order chi connectivity index (χ0) is 17.4. The predicted octanol–water partition coefficient (Wildman–Crippen LogP) is 3.10. The number of oxazole rings is 1. The van der Waals surface area contributed by atoms with E-state index in [0.29, 0.717) is 36.7 Å². The van der Waals surface area contributed by atoms with Crippen LogP contribution in [0.3, 0.4) is 0 Å². The van der Waals surface area contributed by atoms with E-state index in [1.54, 1.807) is 29.2 Å². The standard InChI is InChI=1S/C19H21N3O3/c1-12(23)20-15-7-3-6-14(10-15)19(24)22-9-8-17-16(11-22)21-18(25-17)13-4-2-5-13/h3,6-7,10,13H,2,4-5,8-9,11H2,1H3,(H,20,23). The van der Waals surface area contributed by atoms with Crippen LogP contribution in [0.15, 0.2) is 28.7 Å². The Labute approximate surface area is 146 Å². The van der Waals surface area contributed by atoms with Crippen molar-refractivity contribution >= 4 is 17.5 Å². The number of carbonyl (C=O) groups excluding carboxylic acids is 2. The van der Waals surface area contributed by atoms with Gasteiger partial charge in [-0.15, -0.1) is 0 Å². The van der Waals surface area contributed by atoms with Gasteiger partial charge in [0.2, 0.25) is 5.91 Å². The number of benzene rings is 1. The van der Waals surface area contributed by atoms with E-state index in [0.717, 1.165) is 30.2 Å². The van der Waals surface area contributed by atoms with Gasteiger partial charge in [0, 0.05) is 37.1 Å². The lowest BCUT2D eigenvalue weighted by atomic mass is 9.85. The summed E-state index contributed by atoms with van der Waals surface area (Å²) in [5.41, 5.74) is 2.08. The van der Waals surface area contributed by atoms with Crippen molar-refractivity contribution in [1.29, 1.82) is 0 Å². The van der Waals surface area contributed by atoms with Gasteiger partial charge < -0.3 is 14.6 Å². The summed E-state index contributed by atoms with van der Waals surface area (Å²) in [6.45, 7) is 2.55. The second kappa shape index (κ2) is 6.35. The molecule has 2 aliphatic rings. The molecule has 1 saturated carbocycles. The molecule has 4 rings (SSSR count). The zero-order valence-electron chi connectivity index (χ0n) is 14.2. The minimum absolute atomic E-state index is 0.0500. The maximum absolute atomic E-state index is 12.8. The lowest BCUT2D eigenvalue weighted by molar-refractivity contribution is -0.114. The van der Waals surface area contributed by atoms with Crippen molar-refractivity contribution in [1.82, 2.24) is 9.88 Å². The molecule has 0 bridgehead atoms. The van der Waals surface area contributed by atoms with E-state index in [1.807, 2.05) is 0 Å². The third-order valence-electron chi connectivity index (χ3n) is 4.92. The van der Waals surface area contributed by atoms with E-state index in [1.165, 1.54) is 13.3 Å². The van der Waals surface area contributed by atoms with Crippen LogP contribution in [0.1, 0.15) is 59.8 Å². The average Bonchev–Trinajstić information content (AvgIpc) is 2.94. The first-order valence-electron chi connectivity index (χ1n) is 8.75. The fraction of sp³-hybridized carbons (Fsp3) is 0.421. The summed E-state index contributed by atoms with van der Waals surface area (Å²) in [4.78, 5) is 30.4. The van der Waals surface area contributed by atoms with Crippen molar-refractivity contribution in [2.24, 2.45) is 0 Å². The Hall–Kier alpha value is -2.63. The van der Waals surface area contributed by atoms with Crippen LogP contribution >= 0.6 is 0 Å². The summed E-state index contributed by atoms with van der Waals surface area (Å²) >= 11 is 0. The highest BCUT2D eigenvalue weighted by Crippen LogP contribution is 2.37. The minimum atomic E-state index is -0.154. The molecule has 1 fully saturated rings. The number of fused-ring (bicyclic) bond motifs is 1. The van der Waals surface area contributed by atoms with Gasteiger partial charge in [0.25, 0.3) is 5.91 Å². The van der Waals surface area contributed by atoms with Gasteiger partial charge in [-0.3, -0.25) is 9.59 Å². The molecule has 0 saturated heterocycles. The number of amides is 2. The quantitative estimate of drug-likeness (QED) is 0.932. The molecule has 2 aromatic rings. The van der Waals surface area contributed by atoms with Gasteiger partial charge in [0.15, 0.2) is 5.89 Å². The number of anilines is 1. The van der Waals surface area contributed by atoms with Crippen LogP contribution in [0, 0.1) is 0 Å². The molecule has 2 amide bonds. The number of carbonyl (C=O) groups is 2. The molecule has 0 radical (unpaired) electrons. The second-order valence-corrected chi connectivity index (χ2v) is 6.79. The van der Waals surface area contributed by atoms with E-state index in [-0.39, 0.29) is 11.8 Å². The van der Waals surface area contributed by atoms with Crippen LogP contribution in [0.2, 0.25) is 0 Å². The normalized spacial score (nSPS) is 16.9. The Morgan fingerprint density at radius 3 is 2.88 bits per heavy atom. The number of nitrogens with zero attached hydrogens (tertiary/aromatic N) is 2. The van der Waals surface area contributed by atoms with E-state index in [9.17, 15) is 9.59 Å². The lowest BCUT2D eigenvalue weighted by Gasteiger charge is -2.25. The van der Waals surface area contributed by atoms with Crippen molar-refractivity contribution in [3.05, 3.63) is 47.2 Å². The maximum atomic E-state index is 12.8. The van der Waals surface area contributed by atoms with Gasteiger partial charge >= 0.3 is 0 Å². The Kier molecular flexibility index (Phi) is 4.03. The third-order valence-corrected chi connectivity index (χ3v) is 4.92. The molecule has 1 aromatic heterocycles. The highest BCUT2D eigenvalue weighted by Gasteiger charge is 2.30. The SMILES string of the molecule is CC(=O)Nc1cccc(C(=O)N2CCc3oc(C4CCC4)nc3C2)c1.